The first kappa shape index (κ1) is 18.9. The molecule has 1 aliphatic rings. The Morgan fingerprint density at radius 3 is 2.42 bits per heavy atom. The molecule has 0 bridgehead atoms. The van der Waals surface area contributed by atoms with E-state index in [1.807, 2.05) is 0 Å². The van der Waals surface area contributed by atoms with Gasteiger partial charge in [0.15, 0.2) is 0 Å². The maximum Gasteiger partial charge on any atom is 0.119 e. The Balaban J connectivity index is 1.62. The lowest BCUT2D eigenvalue weighted by Crippen LogP contribution is -2.46. The summed E-state index contributed by atoms with van der Waals surface area (Å²) in [5.41, 5.74) is 2.75. The molecule has 1 atom stereocenters. The van der Waals surface area contributed by atoms with Crippen LogP contribution in [-0.4, -0.2) is 68.6 Å². The van der Waals surface area contributed by atoms with Gasteiger partial charge in [-0.25, -0.2) is 0 Å². The Morgan fingerprint density at radius 1 is 1.00 bits per heavy atom. The minimum Gasteiger partial charge on any atom is -0.492 e. The Hall–Kier alpha value is -1.88. The minimum absolute atomic E-state index is 0.450. The van der Waals surface area contributed by atoms with Crippen LogP contribution in [0.1, 0.15) is 17.2 Å². The third kappa shape index (κ3) is 5.31. The van der Waals surface area contributed by atoms with Gasteiger partial charge in [0, 0.05) is 38.8 Å². The molecule has 140 valence electrons. The van der Waals surface area contributed by atoms with Crippen LogP contribution in [0.2, 0.25) is 0 Å². The van der Waals surface area contributed by atoms with E-state index in [2.05, 4.69) is 90.4 Å². The fourth-order valence-electron chi connectivity index (χ4n) is 3.41. The zero-order valence-corrected chi connectivity index (χ0v) is 16.3. The van der Waals surface area contributed by atoms with Crippen molar-refractivity contribution in [1.29, 1.82) is 0 Å². The fraction of sp³-hybridized carbons (Fsp3) is 0.455. The predicted molar refractivity (Wildman–Crippen MR) is 108 cm³/mol. The molecular weight excluding hydrogens is 322 g/mol. The molecule has 1 fully saturated rings. The number of hydrogen-bond acceptors (Lipinski definition) is 4. The van der Waals surface area contributed by atoms with Crippen molar-refractivity contribution in [2.75, 3.05) is 53.9 Å². The minimum atomic E-state index is 0.450. The van der Waals surface area contributed by atoms with Gasteiger partial charge < -0.3 is 14.5 Å². The maximum atomic E-state index is 5.80. The van der Waals surface area contributed by atoms with Crippen molar-refractivity contribution < 1.29 is 4.74 Å². The van der Waals surface area contributed by atoms with Gasteiger partial charge in [0.2, 0.25) is 0 Å². The van der Waals surface area contributed by atoms with Crippen molar-refractivity contribution in [1.82, 2.24) is 14.7 Å². The molecule has 4 nitrogen and oxygen atoms in total. The van der Waals surface area contributed by atoms with Gasteiger partial charge in [-0.3, -0.25) is 4.90 Å². The smallest absolute Gasteiger partial charge is 0.119 e. The molecule has 0 saturated carbocycles. The van der Waals surface area contributed by atoms with Crippen LogP contribution in [0.3, 0.4) is 0 Å². The summed E-state index contributed by atoms with van der Waals surface area (Å²) in [7, 11) is 6.34. The van der Waals surface area contributed by atoms with Crippen molar-refractivity contribution in [3.63, 3.8) is 0 Å². The lowest BCUT2D eigenvalue weighted by molar-refractivity contribution is 0.0833. The number of piperazine rings is 1. The second-order valence-electron chi connectivity index (χ2n) is 7.45. The summed E-state index contributed by atoms with van der Waals surface area (Å²) >= 11 is 0. The van der Waals surface area contributed by atoms with Crippen molar-refractivity contribution in [3.05, 3.63) is 65.7 Å². The highest BCUT2D eigenvalue weighted by molar-refractivity contribution is 5.28. The lowest BCUT2D eigenvalue weighted by atomic mass is 10.0. The third-order valence-electron chi connectivity index (χ3n) is 4.99. The van der Waals surface area contributed by atoms with Crippen molar-refractivity contribution in [3.8, 4) is 5.75 Å². The monoisotopic (exact) mass is 353 g/mol. The van der Waals surface area contributed by atoms with E-state index >= 15 is 0 Å². The molecule has 2 aromatic rings. The zero-order valence-electron chi connectivity index (χ0n) is 16.3. The molecule has 0 amide bonds. The van der Waals surface area contributed by atoms with Crippen LogP contribution in [0.15, 0.2) is 54.6 Å². The molecule has 1 aliphatic heterocycles. The third-order valence-corrected chi connectivity index (χ3v) is 4.99. The van der Waals surface area contributed by atoms with Gasteiger partial charge in [-0.05, 0) is 44.4 Å². The number of likely N-dealkylation sites (N-methyl/N-ethyl adjacent to an activating group) is 2. The SMILES string of the molecule is CN(C)CCOc1ccc(CN2CCN(C)C[C@@H]2c2ccccc2)cc1. The van der Waals surface area contributed by atoms with E-state index in [1.165, 1.54) is 11.1 Å². The molecule has 0 aliphatic carbocycles. The van der Waals surface area contributed by atoms with Crippen LogP contribution in [0, 0.1) is 0 Å². The molecule has 1 heterocycles. The van der Waals surface area contributed by atoms with Crippen LogP contribution in [0.25, 0.3) is 0 Å². The van der Waals surface area contributed by atoms with Crippen LogP contribution in [0.5, 0.6) is 5.75 Å². The number of benzene rings is 2. The van der Waals surface area contributed by atoms with Crippen molar-refractivity contribution in [2.24, 2.45) is 0 Å². The van der Waals surface area contributed by atoms with E-state index in [-0.39, 0.29) is 0 Å². The van der Waals surface area contributed by atoms with Gasteiger partial charge in [0.05, 0.1) is 0 Å². The van der Waals surface area contributed by atoms with E-state index in [4.69, 9.17) is 4.74 Å². The van der Waals surface area contributed by atoms with E-state index in [0.29, 0.717) is 6.04 Å². The molecule has 0 unspecified atom stereocenters. The Bertz CT molecular complexity index is 657. The Morgan fingerprint density at radius 2 is 1.73 bits per heavy atom. The average Bonchev–Trinajstić information content (AvgIpc) is 2.65. The van der Waals surface area contributed by atoms with Crippen LogP contribution in [0.4, 0.5) is 0 Å². The largest absolute Gasteiger partial charge is 0.492 e. The normalized spacial score (nSPS) is 19.0. The molecule has 1 saturated heterocycles. The standard InChI is InChI=1S/C22H31N3O/c1-23(2)15-16-26-21-11-9-19(10-12-21)17-25-14-13-24(3)18-22(25)20-7-5-4-6-8-20/h4-12,22H,13-18H2,1-3H3/t22-/m1/s1. The highest BCUT2D eigenvalue weighted by Crippen LogP contribution is 2.27. The van der Waals surface area contributed by atoms with Crippen LogP contribution >= 0.6 is 0 Å². The number of ether oxygens (including phenoxy) is 1. The van der Waals surface area contributed by atoms with Gasteiger partial charge in [0.1, 0.15) is 12.4 Å². The fourth-order valence-corrected chi connectivity index (χ4v) is 3.41. The van der Waals surface area contributed by atoms with E-state index in [9.17, 15) is 0 Å². The lowest BCUT2D eigenvalue weighted by Gasteiger charge is -2.40. The predicted octanol–water partition coefficient (Wildman–Crippen LogP) is 3.12. The molecule has 0 radical (unpaired) electrons. The molecule has 3 rings (SSSR count). The van der Waals surface area contributed by atoms with E-state index in [1.54, 1.807) is 0 Å². The van der Waals surface area contributed by atoms with Gasteiger partial charge in [-0.2, -0.15) is 0 Å². The van der Waals surface area contributed by atoms with Crippen LogP contribution in [-0.2, 0) is 6.54 Å². The number of rotatable bonds is 7. The van der Waals surface area contributed by atoms with E-state index < -0.39 is 0 Å². The quantitative estimate of drug-likeness (QED) is 0.761. The first-order valence-electron chi connectivity index (χ1n) is 9.46. The highest BCUT2D eigenvalue weighted by atomic mass is 16.5. The Labute approximate surface area is 158 Å². The first-order chi connectivity index (χ1) is 12.6. The summed E-state index contributed by atoms with van der Waals surface area (Å²) in [5, 5.41) is 0. The summed E-state index contributed by atoms with van der Waals surface area (Å²) in [5.74, 6) is 0.952. The van der Waals surface area contributed by atoms with Crippen LogP contribution < -0.4 is 4.74 Å². The second kappa shape index (κ2) is 9.17. The summed E-state index contributed by atoms with van der Waals surface area (Å²) in [6.45, 7) is 5.93. The average molecular weight is 354 g/mol. The zero-order chi connectivity index (χ0) is 18.4. The van der Waals surface area contributed by atoms with Gasteiger partial charge >= 0.3 is 0 Å². The summed E-state index contributed by atoms with van der Waals surface area (Å²) in [6, 6.07) is 19.9. The summed E-state index contributed by atoms with van der Waals surface area (Å²) < 4.78 is 5.80. The molecule has 4 heteroatoms. The molecule has 0 aromatic heterocycles. The summed E-state index contributed by atoms with van der Waals surface area (Å²) in [4.78, 5) is 7.15. The van der Waals surface area contributed by atoms with Gasteiger partial charge in [-0.15, -0.1) is 0 Å². The Kier molecular flexibility index (Phi) is 6.67. The highest BCUT2D eigenvalue weighted by Gasteiger charge is 2.26. The van der Waals surface area contributed by atoms with E-state index in [0.717, 1.165) is 45.1 Å². The summed E-state index contributed by atoms with van der Waals surface area (Å²) in [6.07, 6.45) is 0. The second-order valence-corrected chi connectivity index (χ2v) is 7.45. The topological polar surface area (TPSA) is 19.0 Å². The van der Waals surface area contributed by atoms with Crippen molar-refractivity contribution in [2.45, 2.75) is 12.6 Å². The number of nitrogens with zero attached hydrogens (tertiary/aromatic N) is 3. The number of hydrogen-bond donors (Lipinski definition) is 0. The van der Waals surface area contributed by atoms with Gasteiger partial charge in [0.25, 0.3) is 0 Å². The van der Waals surface area contributed by atoms with Gasteiger partial charge in [-0.1, -0.05) is 42.5 Å². The maximum absolute atomic E-state index is 5.80. The first-order valence-corrected chi connectivity index (χ1v) is 9.46. The van der Waals surface area contributed by atoms with Crippen molar-refractivity contribution >= 4 is 0 Å². The molecule has 2 aromatic carbocycles. The molecule has 26 heavy (non-hydrogen) atoms. The molecule has 0 N–H and O–H groups in total. The molecule has 0 spiro atoms. The molecular formula is C22H31N3O.